The number of carbonyl (C=O) groups is 1. The van der Waals surface area contributed by atoms with Crippen LogP contribution < -0.4 is 5.73 Å². The van der Waals surface area contributed by atoms with E-state index in [-0.39, 0.29) is 5.97 Å². The van der Waals surface area contributed by atoms with Gasteiger partial charge in [0.15, 0.2) is 0 Å². The van der Waals surface area contributed by atoms with Crippen LogP contribution in [0.2, 0.25) is 0 Å². The van der Waals surface area contributed by atoms with E-state index in [1.807, 2.05) is 12.2 Å². The monoisotopic (exact) mass is 191 g/mol. The number of hydrogen-bond acceptors (Lipinski definition) is 3. The van der Waals surface area contributed by atoms with Crippen LogP contribution in [-0.4, -0.2) is 12.6 Å². The minimum Gasteiger partial charge on any atom is -0.462 e. The van der Waals surface area contributed by atoms with Crippen LogP contribution >= 0.6 is 0 Å². The number of carbonyl (C=O) groups excluding carboxylic acids is 1. The molecule has 0 spiro atoms. The van der Waals surface area contributed by atoms with Gasteiger partial charge in [-0.15, -0.1) is 0 Å². The van der Waals surface area contributed by atoms with E-state index >= 15 is 0 Å². The van der Waals surface area contributed by atoms with Gasteiger partial charge in [-0.25, -0.2) is 4.79 Å². The Balaban J connectivity index is 2.92. The first kappa shape index (κ1) is 10.3. The maximum absolute atomic E-state index is 11.4. The minimum atomic E-state index is -0.388. The number of ether oxygens (including phenoxy) is 1. The van der Waals surface area contributed by atoms with E-state index in [2.05, 4.69) is 0 Å². The van der Waals surface area contributed by atoms with Crippen molar-refractivity contribution in [1.82, 2.24) is 0 Å². The summed E-state index contributed by atoms with van der Waals surface area (Å²) in [6.45, 7) is 2.11. The fourth-order valence-corrected chi connectivity index (χ4v) is 1.02. The quantitative estimate of drug-likeness (QED) is 0.672. The van der Waals surface area contributed by atoms with Gasteiger partial charge in [-0.3, -0.25) is 0 Å². The third-order valence-corrected chi connectivity index (χ3v) is 1.68. The highest BCUT2D eigenvalue weighted by molar-refractivity contribution is 5.93. The maximum atomic E-state index is 11.4. The molecule has 0 amide bonds. The summed E-state index contributed by atoms with van der Waals surface area (Å²) in [6.07, 6.45) is 10.5. The predicted molar refractivity (Wildman–Crippen MR) is 55.3 cm³/mol. The molecular formula is C11H13NO2. The standard InChI is InChI=1S/C11H13NO2/c1-2-14-11(13)9-7-5-3-4-6-8-10(9)12/h3-8H,2,12H2,1H3/b4-3-,5-3?,6-4?,7-5-,8-6-,9-7?,10-8?,10-9-. The lowest BCUT2D eigenvalue weighted by Crippen LogP contribution is -2.11. The van der Waals surface area contributed by atoms with E-state index in [4.69, 9.17) is 10.5 Å². The number of nitrogens with two attached hydrogens (primary N) is 1. The molecule has 0 fully saturated rings. The summed E-state index contributed by atoms with van der Waals surface area (Å²) in [5.74, 6) is -0.388. The van der Waals surface area contributed by atoms with Crippen molar-refractivity contribution in [1.29, 1.82) is 0 Å². The number of hydrogen-bond donors (Lipinski definition) is 1. The van der Waals surface area contributed by atoms with Gasteiger partial charge in [0.05, 0.1) is 12.2 Å². The van der Waals surface area contributed by atoms with Crippen LogP contribution in [-0.2, 0) is 9.53 Å². The van der Waals surface area contributed by atoms with Gasteiger partial charge in [0.2, 0.25) is 0 Å². The van der Waals surface area contributed by atoms with Gasteiger partial charge < -0.3 is 10.5 Å². The van der Waals surface area contributed by atoms with E-state index in [0.717, 1.165) is 0 Å². The molecule has 3 nitrogen and oxygen atoms in total. The lowest BCUT2D eigenvalue weighted by molar-refractivity contribution is -0.138. The zero-order chi connectivity index (χ0) is 10.4. The Morgan fingerprint density at radius 3 is 2.57 bits per heavy atom. The Labute approximate surface area is 83.2 Å². The average molecular weight is 191 g/mol. The molecule has 0 bridgehead atoms. The number of allylic oxidation sites excluding steroid dienone is 5. The van der Waals surface area contributed by atoms with E-state index in [1.165, 1.54) is 0 Å². The van der Waals surface area contributed by atoms with Gasteiger partial charge in [0.25, 0.3) is 0 Å². The van der Waals surface area contributed by atoms with Gasteiger partial charge in [0, 0.05) is 5.70 Å². The van der Waals surface area contributed by atoms with E-state index in [9.17, 15) is 4.79 Å². The molecule has 1 aliphatic rings. The Hall–Kier alpha value is -1.77. The summed E-state index contributed by atoms with van der Waals surface area (Å²) >= 11 is 0. The van der Waals surface area contributed by atoms with Crippen LogP contribution in [0.5, 0.6) is 0 Å². The second-order valence-corrected chi connectivity index (χ2v) is 2.69. The molecule has 14 heavy (non-hydrogen) atoms. The normalized spacial score (nSPS) is 27.2. The van der Waals surface area contributed by atoms with Gasteiger partial charge in [-0.2, -0.15) is 0 Å². The number of esters is 1. The highest BCUT2D eigenvalue weighted by Crippen LogP contribution is 2.08. The summed E-state index contributed by atoms with van der Waals surface area (Å²) in [7, 11) is 0. The van der Waals surface area contributed by atoms with E-state index in [1.54, 1.807) is 31.2 Å². The Kier molecular flexibility index (Phi) is 3.73. The van der Waals surface area contributed by atoms with Gasteiger partial charge in [-0.05, 0) is 19.1 Å². The molecular weight excluding hydrogens is 178 g/mol. The van der Waals surface area contributed by atoms with E-state index < -0.39 is 0 Å². The zero-order valence-electron chi connectivity index (χ0n) is 8.07. The lowest BCUT2D eigenvalue weighted by Gasteiger charge is -2.05. The summed E-state index contributed by atoms with van der Waals surface area (Å²) in [5.41, 5.74) is 6.50. The van der Waals surface area contributed by atoms with Crippen LogP contribution in [0.25, 0.3) is 0 Å². The Bertz CT molecular complexity index is 335. The largest absolute Gasteiger partial charge is 0.462 e. The first-order chi connectivity index (χ1) is 6.75. The lowest BCUT2D eigenvalue weighted by atomic mass is 10.1. The van der Waals surface area contributed by atoms with Gasteiger partial charge >= 0.3 is 5.97 Å². The van der Waals surface area contributed by atoms with Crippen molar-refractivity contribution in [3.63, 3.8) is 0 Å². The molecule has 0 aromatic heterocycles. The topological polar surface area (TPSA) is 52.3 Å². The summed E-state index contributed by atoms with van der Waals surface area (Å²) in [6, 6.07) is 0. The molecule has 0 aromatic carbocycles. The highest BCUT2D eigenvalue weighted by atomic mass is 16.5. The van der Waals surface area contributed by atoms with Crippen molar-refractivity contribution in [3.8, 4) is 0 Å². The molecule has 1 aliphatic carbocycles. The third-order valence-electron chi connectivity index (χ3n) is 1.68. The van der Waals surface area contributed by atoms with Crippen molar-refractivity contribution in [2.75, 3.05) is 6.61 Å². The molecule has 0 heterocycles. The zero-order valence-corrected chi connectivity index (χ0v) is 8.07. The SMILES string of the molecule is CCOC(=O)C1=C(N)/C=C\C=C/C=C\1. The second-order valence-electron chi connectivity index (χ2n) is 2.69. The molecule has 74 valence electrons. The smallest absolute Gasteiger partial charge is 0.340 e. The summed E-state index contributed by atoms with van der Waals surface area (Å²) in [4.78, 5) is 11.4. The van der Waals surface area contributed by atoms with E-state index in [0.29, 0.717) is 17.9 Å². The van der Waals surface area contributed by atoms with Crippen LogP contribution in [0.15, 0.2) is 47.7 Å². The molecule has 0 aliphatic heterocycles. The Morgan fingerprint density at radius 2 is 1.93 bits per heavy atom. The van der Waals surface area contributed by atoms with Gasteiger partial charge in [0.1, 0.15) is 0 Å². The molecule has 0 saturated heterocycles. The van der Waals surface area contributed by atoms with Crippen molar-refractivity contribution >= 4 is 5.97 Å². The highest BCUT2D eigenvalue weighted by Gasteiger charge is 2.10. The van der Waals surface area contributed by atoms with Crippen LogP contribution in [0, 0.1) is 0 Å². The first-order valence-electron chi connectivity index (χ1n) is 4.44. The maximum Gasteiger partial charge on any atom is 0.340 e. The van der Waals surface area contributed by atoms with Crippen LogP contribution in [0.3, 0.4) is 0 Å². The minimum absolute atomic E-state index is 0.350. The summed E-state index contributed by atoms with van der Waals surface area (Å²) in [5, 5.41) is 0. The fourth-order valence-electron chi connectivity index (χ4n) is 1.02. The molecule has 0 atom stereocenters. The van der Waals surface area contributed by atoms with Crippen molar-refractivity contribution in [3.05, 3.63) is 47.7 Å². The first-order valence-corrected chi connectivity index (χ1v) is 4.44. The van der Waals surface area contributed by atoms with Crippen molar-refractivity contribution in [2.24, 2.45) is 5.73 Å². The van der Waals surface area contributed by atoms with Gasteiger partial charge in [-0.1, -0.05) is 24.3 Å². The fraction of sp³-hybridized carbons (Fsp3) is 0.182. The summed E-state index contributed by atoms with van der Waals surface area (Å²) < 4.78 is 4.86. The van der Waals surface area contributed by atoms with Crippen molar-refractivity contribution < 1.29 is 9.53 Å². The second kappa shape index (κ2) is 5.07. The molecule has 1 rings (SSSR count). The molecule has 0 unspecified atom stereocenters. The molecule has 0 aromatic rings. The molecule has 2 N–H and O–H groups in total. The molecule has 0 saturated carbocycles. The molecule has 0 radical (unpaired) electrons. The van der Waals surface area contributed by atoms with Crippen LogP contribution in [0.4, 0.5) is 0 Å². The van der Waals surface area contributed by atoms with Crippen LogP contribution in [0.1, 0.15) is 6.92 Å². The third kappa shape index (κ3) is 2.62. The average Bonchev–Trinajstić information content (AvgIpc) is 2.12. The molecule has 3 heteroatoms. The number of rotatable bonds is 2. The Morgan fingerprint density at radius 1 is 1.29 bits per heavy atom. The predicted octanol–water partition coefficient (Wildman–Crippen LogP) is 1.44. The van der Waals surface area contributed by atoms with Crippen molar-refractivity contribution in [2.45, 2.75) is 6.92 Å².